The molecule has 25 heavy (non-hydrogen) atoms. The van der Waals surface area contributed by atoms with E-state index in [1.54, 1.807) is 23.9 Å². The molecule has 0 aliphatic heterocycles. The minimum absolute atomic E-state index is 0.230. The monoisotopic (exact) mass is 355 g/mol. The first-order chi connectivity index (χ1) is 12.2. The maximum absolute atomic E-state index is 12.6. The van der Waals surface area contributed by atoms with Crippen LogP contribution in [0.15, 0.2) is 60.7 Å². The van der Waals surface area contributed by atoms with Crippen molar-refractivity contribution in [1.29, 1.82) is 0 Å². The third-order valence-corrected chi connectivity index (χ3v) is 4.00. The Labute approximate surface area is 151 Å². The smallest absolute Gasteiger partial charge is 0.270 e. The van der Waals surface area contributed by atoms with Crippen LogP contribution in [0.3, 0.4) is 0 Å². The zero-order valence-corrected chi connectivity index (χ0v) is 14.5. The molecule has 1 N–H and O–H groups in total. The second kappa shape index (κ2) is 7.96. The number of rotatable bonds is 6. The van der Waals surface area contributed by atoms with Gasteiger partial charge in [-0.3, -0.25) is 4.79 Å². The van der Waals surface area contributed by atoms with Crippen molar-refractivity contribution in [2.45, 2.75) is 0 Å². The number of methoxy groups -OCH3 is 1. The number of halogens is 1. The van der Waals surface area contributed by atoms with Crippen molar-refractivity contribution >= 4 is 17.5 Å². The molecule has 0 spiro atoms. The third kappa shape index (κ3) is 3.90. The summed E-state index contributed by atoms with van der Waals surface area (Å²) in [5.74, 6) is -0.230. The second-order valence-corrected chi connectivity index (χ2v) is 5.80. The van der Waals surface area contributed by atoms with Crippen LogP contribution >= 0.6 is 11.6 Å². The Kier molecular flexibility index (Phi) is 5.48. The van der Waals surface area contributed by atoms with Crippen LogP contribution < -0.4 is 5.32 Å². The summed E-state index contributed by atoms with van der Waals surface area (Å²) in [6.45, 7) is 0.862. The number of para-hydroxylation sites is 1. The van der Waals surface area contributed by atoms with Crippen molar-refractivity contribution < 1.29 is 9.53 Å². The van der Waals surface area contributed by atoms with E-state index in [4.69, 9.17) is 16.3 Å². The predicted octanol–water partition coefficient (Wildman–Crippen LogP) is 3.57. The van der Waals surface area contributed by atoms with Gasteiger partial charge in [-0.2, -0.15) is 5.10 Å². The van der Waals surface area contributed by atoms with E-state index < -0.39 is 0 Å². The van der Waals surface area contributed by atoms with Crippen LogP contribution in [0.1, 0.15) is 10.5 Å². The summed E-state index contributed by atoms with van der Waals surface area (Å²) < 4.78 is 6.55. The number of benzene rings is 2. The summed E-state index contributed by atoms with van der Waals surface area (Å²) in [6.07, 6.45) is 0. The fourth-order valence-corrected chi connectivity index (χ4v) is 2.67. The zero-order valence-electron chi connectivity index (χ0n) is 13.8. The lowest BCUT2D eigenvalue weighted by atomic mass is 10.1. The maximum Gasteiger partial charge on any atom is 0.270 e. The van der Waals surface area contributed by atoms with Crippen LogP contribution in [0, 0.1) is 0 Å². The lowest BCUT2D eigenvalue weighted by molar-refractivity contribution is 0.0929. The van der Waals surface area contributed by atoms with Gasteiger partial charge in [0.05, 0.1) is 23.0 Å². The van der Waals surface area contributed by atoms with E-state index in [1.807, 2.05) is 48.5 Å². The van der Waals surface area contributed by atoms with Crippen molar-refractivity contribution in [3.63, 3.8) is 0 Å². The normalized spacial score (nSPS) is 10.6. The number of hydrogen-bond donors (Lipinski definition) is 1. The van der Waals surface area contributed by atoms with E-state index in [-0.39, 0.29) is 5.91 Å². The minimum Gasteiger partial charge on any atom is -0.383 e. The average Bonchev–Trinajstić information content (AvgIpc) is 3.08. The van der Waals surface area contributed by atoms with Gasteiger partial charge in [0, 0.05) is 19.2 Å². The Hall–Kier alpha value is -2.63. The van der Waals surface area contributed by atoms with Gasteiger partial charge < -0.3 is 10.1 Å². The molecule has 0 bridgehead atoms. The molecule has 0 unspecified atom stereocenters. The van der Waals surface area contributed by atoms with Crippen molar-refractivity contribution in [1.82, 2.24) is 15.1 Å². The lowest BCUT2D eigenvalue weighted by Crippen LogP contribution is -2.28. The number of carbonyl (C=O) groups is 1. The topological polar surface area (TPSA) is 56.1 Å². The van der Waals surface area contributed by atoms with Crippen molar-refractivity contribution in [3.05, 3.63) is 71.4 Å². The quantitative estimate of drug-likeness (QED) is 0.688. The number of nitrogens with zero attached hydrogens (tertiary/aromatic N) is 2. The molecule has 5 nitrogen and oxygen atoms in total. The van der Waals surface area contributed by atoms with Crippen LogP contribution in [0.5, 0.6) is 0 Å². The summed E-state index contributed by atoms with van der Waals surface area (Å²) in [4.78, 5) is 12.6. The highest BCUT2D eigenvalue weighted by atomic mass is 35.5. The zero-order chi connectivity index (χ0) is 17.6. The van der Waals surface area contributed by atoms with Crippen LogP contribution in [0.25, 0.3) is 16.9 Å². The van der Waals surface area contributed by atoms with Gasteiger partial charge in [-0.05, 0) is 18.2 Å². The van der Waals surface area contributed by atoms with Crippen LogP contribution in [-0.4, -0.2) is 35.9 Å². The van der Waals surface area contributed by atoms with Crippen LogP contribution in [0.4, 0.5) is 0 Å². The number of nitrogens with one attached hydrogen (secondary N) is 1. The van der Waals surface area contributed by atoms with Gasteiger partial charge in [-0.25, -0.2) is 4.68 Å². The fourth-order valence-electron chi connectivity index (χ4n) is 2.46. The standard InChI is InChI=1S/C19H18ClN3O2/c1-25-12-11-21-19(24)18-13-16(14-7-3-2-4-8-14)22-23(18)17-10-6-5-9-15(17)20/h2-10,13H,11-12H2,1H3,(H,21,24). The Bertz CT molecular complexity index is 862. The summed E-state index contributed by atoms with van der Waals surface area (Å²) >= 11 is 6.30. The maximum atomic E-state index is 12.6. The predicted molar refractivity (Wildman–Crippen MR) is 98.2 cm³/mol. The van der Waals surface area contributed by atoms with Crippen LogP contribution in [0.2, 0.25) is 5.02 Å². The number of aromatic nitrogens is 2. The van der Waals surface area contributed by atoms with Gasteiger partial charge in [0.25, 0.3) is 5.91 Å². The van der Waals surface area contributed by atoms with Gasteiger partial charge in [0.15, 0.2) is 0 Å². The number of amides is 1. The largest absolute Gasteiger partial charge is 0.383 e. The summed E-state index contributed by atoms with van der Waals surface area (Å²) in [5, 5.41) is 7.95. The summed E-state index contributed by atoms with van der Waals surface area (Å²) in [7, 11) is 1.59. The van der Waals surface area contributed by atoms with E-state index in [0.717, 1.165) is 5.56 Å². The molecule has 1 amide bonds. The average molecular weight is 356 g/mol. The molecular formula is C19H18ClN3O2. The van der Waals surface area contributed by atoms with E-state index in [2.05, 4.69) is 10.4 Å². The Morgan fingerprint density at radius 1 is 1.16 bits per heavy atom. The number of hydrogen-bond acceptors (Lipinski definition) is 3. The molecule has 128 valence electrons. The van der Waals surface area contributed by atoms with Crippen molar-refractivity contribution in [2.24, 2.45) is 0 Å². The van der Waals surface area contributed by atoms with Crippen LogP contribution in [-0.2, 0) is 4.74 Å². The highest BCUT2D eigenvalue weighted by Crippen LogP contribution is 2.25. The molecular weight excluding hydrogens is 338 g/mol. The third-order valence-electron chi connectivity index (χ3n) is 3.68. The van der Waals surface area contributed by atoms with Gasteiger partial charge in [-0.15, -0.1) is 0 Å². The highest BCUT2D eigenvalue weighted by Gasteiger charge is 2.18. The SMILES string of the molecule is COCCNC(=O)c1cc(-c2ccccc2)nn1-c1ccccc1Cl. The molecule has 3 rings (SSSR count). The molecule has 6 heteroatoms. The highest BCUT2D eigenvalue weighted by molar-refractivity contribution is 6.32. The Morgan fingerprint density at radius 2 is 1.88 bits per heavy atom. The van der Waals surface area contributed by atoms with E-state index >= 15 is 0 Å². The lowest BCUT2D eigenvalue weighted by Gasteiger charge is -2.09. The molecule has 0 atom stereocenters. The number of carbonyl (C=O) groups excluding carboxylic acids is 1. The summed E-state index contributed by atoms with van der Waals surface area (Å²) in [5.41, 5.74) is 2.71. The molecule has 0 fully saturated rings. The molecule has 2 aromatic carbocycles. The molecule has 1 heterocycles. The summed E-state index contributed by atoms with van der Waals surface area (Å²) in [6, 6.07) is 18.8. The van der Waals surface area contributed by atoms with E-state index in [9.17, 15) is 4.79 Å². The first-order valence-electron chi connectivity index (χ1n) is 7.88. The number of ether oxygens (including phenoxy) is 1. The Balaban J connectivity index is 2.04. The van der Waals surface area contributed by atoms with Gasteiger partial charge in [0.2, 0.25) is 0 Å². The molecule has 0 saturated heterocycles. The van der Waals surface area contributed by atoms with Crippen molar-refractivity contribution in [3.8, 4) is 16.9 Å². The first kappa shape index (κ1) is 17.2. The molecule has 3 aromatic rings. The van der Waals surface area contributed by atoms with Gasteiger partial charge >= 0.3 is 0 Å². The molecule has 0 aliphatic rings. The minimum atomic E-state index is -0.230. The first-order valence-corrected chi connectivity index (χ1v) is 8.26. The molecule has 1 aromatic heterocycles. The molecule has 0 saturated carbocycles. The fraction of sp³-hybridized carbons (Fsp3) is 0.158. The van der Waals surface area contributed by atoms with Crippen molar-refractivity contribution in [2.75, 3.05) is 20.3 Å². The van der Waals surface area contributed by atoms with Gasteiger partial charge in [-0.1, -0.05) is 54.1 Å². The van der Waals surface area contributed by atoms with E-state index in [0.29, 0.717) is 35.2 Å². The molecule has 0 aliphatic carbocycles. The Morgan fingerprint density at radius 3 is 2.60 bits per heavy atom. The molecule has 0 radical (unpaired) electrons. The van der Waals surface area contributed by atoms with E-state index in [1.165, 1.54) is 0 Å². The second-order valence-electron chi connectivity index (χ2n) is 5.39. The van der Waals surface area contributed by atoms with Gasteiger partial charge in [0.1, 0.15) is 5.69 Å².